The highest BCUT2D eigenvalue weighted by atomic mass is 19.3. The van der Waals surface area contributed by atoms with Crippen LogP contribution in [0, 0.1) is 5.92 Å². The van der Waals surface area contributed by atoms with Gasteiger partial charge in [0.15, 0.2) is 0 Å². The van der Waals surface area contributed by atoms with Crippen molar-refractivity contribution in [2.24, 2.45) is 5.92 Å². The molecule has 1 aromatic rings. The summed E-state index contributed by atoms with van der Waals surface area (Å²) in [7, 11) is 0. The molecule has 22 heavy (non-hydrogen) atoms. The van der Waals surface area contributed by atoms with Gasteiger partial charge >= 0.3 is 12.1 Å². The Balaban J connectivity index is 2.08. The van der Waals surface area contributed by atoms with Gasteiger partial charge in [0.1, 0.15) is 12.6 Å². The first-order valence-corrected chi connectivity index (χ1v) is 6.88. The summed E-state index contributed by atoms with van der Waals surface area (Å²) in [5.41, 5.74) is 0.694. The standard InChI is InChI=1S/C15H17F2NO4/c1-10-7-15(16,17)9-18(12(10)13(19)20)14(21)22-8-11-5-3-2-4-6-11/h2-6,10,12H,7-9H2,1H3,(H,19,20)/t10-,12+/m1/s1. The Kier molecular flexibility index (Phi) is 4.63. The molecule has 1 amide bonds. The average molecular weight is 313 g/mol. The van der Waals surface area contributed by atoms with Crippen LogP contribution in [0.5, 0.6) is 0 Å². The molecule has 0 radical (unpaired) electrons. The molecule has 1 fully saturated rings. The minimum Gasteiger partial charge on any atom is -0.480 e. The summed E-state index contributed by atoms with van der Waals surface area (Å²) in [5.74, 6) is -5.28. The first-order chi connectivity index (χ1) is 10.3. The summed E-state index contributed by atoms with van der Waals surface area (Å²) >= 11 is 0. The Bertz CT molecular complexity index is 550. The second kappa shape index (κ2) is 6.29. The zero-order chi connectivity index (χ0) is 16.3. The summed E-state index contributed by atoms with van der Waals surface area (Å²) in [6.45, 7) is 0.355. The van der Waals surface area contributed by atoms with E-state index in [9.17, 15) is 23.5 Å². The highest BCUT2D eigenvalue weighted by Gasteiger charge is 2.49. The highest BCUT2D eigenvalue weighted by molar-refractivity contribution is 5.80. The largest absolute Gasteiger partial charge is 0.480 e. The molecule has 0 aliphatic carbocycles. The normalized spacial score (nSPS) is 23.9. The van der Waals surface area contributed by atoms with Gasteiger partial charge in [-0.15, -0.1) is 0 Å². The number of halogens is 2. The maximum Gasteiger partial charge on any atom is 0.411 e. The smallest absolute Gasteiger partial charge is 0.411 e. The second-order valence-electron chi connectivity index (χ2n) is 5.49. The van der Waals surface area contributed by atoms with Gasteiger partial charge in [-0.05, 0) is 11.5 Å². The molecule has 1 aliphatic rings. The predicted molar refractivity (Wildman–Crippen MR) is 73.5 cm³/mol. The number of likely N-dealkylation sites (tertiary alicyclic amines) is 1. The molecule has 0 unspecified atom stereocenters. The van der Waals surface area contributed by atoms with Gasteiger partial charge in [0.2, 0.25) is 0 Å². The number of nitrogens with zero attached hydrogens (tertiary/aromatic N) is 1. The topological polar surface area (TPSA) is 66.8 Å². The molecule has 120 valence electrons. The first-order valence-electron chi connectivity index (χ1n) is 6.88. The van der Waals surface area contributed by atoms with Crippen LogP contribution < -0.4 is 0 Å². The van der Waals surface area contributed by atoms with E-state index < -0.39 is 42.9 Å². The van der Waals surface area contributed by atoms with E-state index in [4.69, 9.17) is 4.74 Å². The van der Waals surface area contributed by atoms with E-state index >= 15 is 0 Å². The molecule has 1 N–H and O–H groups in total. The lowest BCUT2D eigenvalue weighted by Crippen LogP contribution is -2.58. The lowest BCUT2D eigenvalue weighted by Gasteiger charge is -2.40. The zero-order valence-electron chi connectivity index (χ0n) is 12.0. The van der Waals surface area contributed by atoms with E-state index in [1.807, 2.05) is 0 Å². The van der Waals surface area contributed by atoms with E-state index in [1.54, 1.807) is 30.3 Å². The van der Waals surface area contributed by atoms with Crippen LogP contribution >= 0.6 is 0 Å². The molecule has 7 heteroatoms. The number of carbonyl (C=O) groups excluding carboxylic acids is 1. The summed E-state index contributed by atoms with van der Waals surface area (Å²) in [5, 5.41) is 9.19. The van der Waals surface area contributed by atoms with Crippen molar-refractivity contribution >= 4 is 12.1 Å². The van der Waals surface area contributed by atoms with Crippen LogP contribution in [0.3, 0.4) is 0 Å². The number of carbonyl (C=O) groups is 2. The molecule has 0 saturated carbocycles. The Morgan fingerprint density at radius 3 is 2.59 bits per heavy atom. The van der Waals surface area contributed by atoms with Gasteiger partial charge in [0, 0.05) is 6.42 Å². The summed E-state index contributed by atoms with van der Waals surface area (Å²) < 4.78 is 32.2. The number of benzene rings is 1. The zero-order valence-corrected chi connectivity index (χ0v) is 12.0. The van der Waals surface area contributed by atoms with Crippen LogP contribution in [0.2, 0.25) is 0 Å². The molecule has 2 rings (SSSR count). The SMILES string of the molecule is C[C@@H]1CC(F)(F)CN(C(=O)OCc2ccccc2)[C@@H]1C(=O)O. The number of ether oxygens (including phenoxy) is 1. The predicted octanol–water partition coefficient (Wildman–Crippen LogP) is 2.75. The Morgan fingerprint density at radius 1 is 1.36 bits per heavy atom. The van der Waals surface area contributed by atoms with E-state index in [1.165, 1.54) is 6.92 Å². The van der Waals surface area contributed by atoms with Crippen LogP contribution in [-0.2, 0) is 16.1 Å². The number of aliphatic carboxylic acids is 1. The molecule has 1 aromatic carbocycles. The van der Waals surface area contributed by atoms with E-state index in [0.29, 0.717) is 10.5 Å². The first kappa shape index (κ1) is 16.2. The molecule has 2 atom stereocenters. The highest BCUT2D eigenvalue weighted by Crippen LogP contribution is 2.34. The lowest BCUT2D eigenvalue weighted by molar-refractivity contribution is -0.155. The van der Waals surface area contributed by atoms with Crippen LogP contribution in [0.1, 0.15) is 18.9 Å². The third-order valence-corrected chi connectivity index (χ3v) is 3.59. The van der Waals surface area contributed by atoms with Crippen molar-refractivity contribution in [3.05, 3.63) is 35.9 Å². The molecule has 1 heterocycles. The van der Waals surface area contributed by atoms with E-state index in [2.05, 4.69) is 0 Å². The summed E-state index contributed by atoms with van der Waals surface area (Å²) in [6, 6.07) is 7.42. The molecular formula is C15H17F2NO4. The van der Waals surface area contributed by atoms with Crippen LogP contribution in [-0.4, -0.2) is 40.6 Å². The minimum absolute atomic E-state index is 0.0948. The molecule has 5 nitrogen and oxygen atoms in total. The lowest BCUT2D eigenvalue weighted by atomic mass is 9.89. The molecule has 1 aliphatic heterocycles. The molecule has 1 saturated heterocycles. The number of alkyl halides is 2. The Morgan fingerprint density at radius 2 is 2.00 bits per heavy atom. The monoisotopic (exact) mass is 313 g/mol. The van der Waals surface area contributed by atoms with Gasteiger partial charge in [-0.2, -0.15) is 0 Å². The number of hydrogen-bond donors (Lipinski definition) is 1. The fourth-order valence-corrected chi connectivity index (χ4v) is 2.66. The number of rotatable bonds is 3. The van der Waals surface area contributed by atoms with Crippen molar-refractivity contribution in [3.63, 3.8) is 0 Å². The second-order valence-corrected chi connectivity index (χ2v) is 5.49. The van der Waals surface area contributed by atoms with Gasteiger partial charge in [0.05, 0.1) is 6.54 Å². The summed E-state index contributed by atoms with van der Waals surface area (Å²) in [4.78, 5) is 23.9. The van der Waals surface area contributed by atoms with Crippen LogP contribution in [0.4, 0.5) is 13.6 Å². The Hall–Kier alpha value is -2.18. The molecule has 0 aromatic heterocycles. The van der Waals surface area contributed by atoms with Gasteiger partial charge in [-0.3, -0.25) is 4.90 Å². The minimum atomic E-state index is -3.11. The van der Waals surface area contributed by atoms with Crippen molar-refractivity contribution in [2.75, 3.05) is 6.54 Å². The number of hydrogen-bond acceptors (Lipinski definition) is 3. The number of piperidine rings is 1. The van der Waals surface area contributed by atoms with Crippen molar-refractivity contribution in [1.82, 2.24) is 4.90 Å². The quantitative estimate of drug-likeness (QED) is 0.932. The van der Waals surface area contributed by atoms with Crippen molar-refractivity contribution < 1.29 is 28.2 Å². The van der Waals surface area contributed by atoms with Crippen molar-refractivity contribution in [1.29, 1.82) is 0 Å². The van der Waals surface area contributed by atoms with Gasteiger partial charge in [0.25, 0.3) is 5.92 Å². The third-order valence-electron chi connectivity index (χ3n) is 3.59. The van der Waals surface area contributed by atoms with Gasteiger partial charge < -0.3 is 9.84 Å². The fraction of sp³-hybridized carbons (Fsp3) is 0.467. The Labute approximate surface area is 126 Å². The number of carboxylic acids is 1. The van der Waals surface area contributed by atoms with Crippen LogP contribution in [0.15, 0.2) is 30.3 Å². The number of amides is 1. The molecule has 0 bridgehead atoms. The molecular weight excluding hydrogens is 296 g/mol. The van der Waals surface area contributed by atoms with Crippen LogP contribution in [0.25, 0.3) is 0 Å². The maximum absolute atomic E-state index is 13.6. The molecule has 0 spiro atoms. The van der Waals surface area contributed by atoms with E-state index in [-0.39, 0.29) is 6.61 Å². The van der Waals surface area contributed by atoms with Crippen molar-refractivity contribution in [2.45, 2.75) is 31.9 Å². The van der Waals surface area contributed by atoms with E-state index in [0.717, 1.165) is 0 Å². The summed E-state index contributed by atoms with van der Waals surface area (Å²) in [6.07, 6.45) is -1.60. The number of carboxylic acid groups (broad SMARTS) is 1. The third kappa shape index (κ3) is 3.72. The van der Waals surface area contributed by atoms with Crippen molar-refractivity contribution in [3.8, 4) is 0 Å². The van der Waals surface area contributed by atoms with Gasteiger partial charge in [-0.25, -0.2) is 18.4 Å². The average Bonchev–Trinajstić information content (AvgIpc) is 2.43. The fourth-order valence-electron chi connectivity index (χ4n) is 2.66. The maximum atomic E-state index is 13.6. The van der Waals surface area contributed by atoms with Gasteiger partial charge in [-0.1, -0.05) is 37.3 Å².